The number of ether oxygens (including phenoxy) is 1. The fourth-order valence-corrected chi connectivity index (χ4v) is 2.79. The van der Waals surface area contributed by atoms with Crippen LogP contribution in [0.25, 0.3) is 0 Å². The van der Waals surface area contributed by atoms with Crippen LogP contribution in [0.3, 0.4) is 0 Å². The fourth-order valence-electron chi connectivity index (χ4n) is 2.79. The summed E-state index contributed by atoms with van der Waals surface area (Å²) in [5.74, 6) is 0.361. The van der Waals surface area contributed by atoms with Crippen molar-refractivity contribution in [2.75, 3.05) is 31.6 Å². The van der Waals surface area contributed by atoms with E-state index in [1.54, 1.807) is 7.11 Å². The Morgan fingerprint density at radius 2 is 2.04 bits per heavy atom. The molecule has 1 heterocycles. The standard InChI is InChI=1S/C18H28N4O3.2ClH/c1-12(2)17(19)18(24)20-10-16(23)21-13-7-8-22(11-13)14-5-4-6-15(9-14)25-3;;/h4-6,9,12-13,17H,7-8,10-11,19H2,1-3H3,(H,20,24)(H,21,23);2*1H/t13?,17-;;/m0../s1. The van der Waals surface area contributed by atoms with Gasteiger partial charge < -0.3 is 26.0 Å². The van der Waals surface area contributed by atoms with Crippen LogP contribution in [0.4, 0.5) is 5.69 Å². The predicted molar refractivity (Wildman–Crippen MR) is 112 cm³/mol. The largest absolute Gasteiger partial charge is 0.497 e. The van der Waals surface area contributed by atoms with Gasteiger partial charge in [0.15, 0.2) is 0 Å². The Hall–Kier alpha value is -1.70. The first-order valence-electron chi connectivity index (χ1n) is 8.62. The molecule has 1 unspecified atom stereocenters. The van der Waals surface area contributed by atoms with Crippen LogP contribution in [0.5, 0.6) is 5.75 Å². The molecular formula is C18H30Cl2N4O3. The minimum atomic E-state index is -0.595. The van der Waals surface area contributed by atoms with Crippen LogP contribution in [0.1, 0.15) is 20.3 Å². The number of amides is 2. The maximum absolute atomic E-state index is 12.0. The Balaban J connectivity index is 0.00000338. The van der Waals surface area contributed by atoms with Gasteiger partial charge in [-0.1, -0.05) is 19.9 Å². The summed E-state index contributed by atoms with van der Waals surface area (Å²) in [6.45, 7) is 5.29. The molecule has 0 saturated carbocycles. The second-order valence-corrected chi connectivity index (χ2v) is 6.69. The molecule has 0 spiro atoms. The Morgan fingerprint density at radius 3 is 2.67 bits per heavy atom. The van der Waals surface area contributed by atoms with E-state index >= 15 is 0 Å². The molecule has 1 saturated heterocycles. The van der Waals surface area contributed by atoms with Gasteiger partial charge in [0.1, 0.15) is 5.75 Å². The van der Waals surface area contributed by atoms with Crippen LogP contribution in [-0.4, -0.2) is 50.6 Å². The highest BCUT2D eigenvalue weighted by Gasteiger charge is 2.25. The van der Waals surface area contributed by atoms with Crippen molar-refractivity contribution < 1.29 is 14.3 Å². The van der Waals surface area contributed by atoms with Gasteiger partial charge in [0, 0.05) is 30.9 Å². The number of nitrogens with one attached hydrogen (secondary N) is 2. The van der Waals surface area contributed by atoms with Crippen LogP contribution in [0, 0.1) is 5.92 Å². The summed E-state index contributed by atoms with van der Waals surface area (Å²) in [4.78, 5) is 26.0. The summed E-state index contributed by atoms with van der Waals surface area (Å²) in [7, 11) is 1.64. The Kier molecular flexibility index (Phi) is 11.1. The molecule has 0 aliphatic carbocycles. The molecule has 2 amide bonds. The third-order valence-corrected chi connectivity index (χ3v) is 4.42. The lowest BCUT2D eigenvalue weighted by Gasteiger charge is -2.20. The highest BCUT2D eigenvalue weighted by atomic mass is 35.5. The second kappa shape index (κ2) is 11.9. The summed E-state index contributed by atoms with van der Waals surface area (Å²) in [5, 5.41) is 5.55. The molecule has 7 nitrogen and oxygen atoms in total. The third kappa shape index (κ3) is 7.44. The normalized spacial score (nSPS) is 16.8. The SMILES string of the molecule is COc1cccc(N2CCC(NC(=O)CNC(=O)[C@@H](N)C(C)C)C2)c1.Cl.Cl. The molecule has 1 aromatic carbocycles. The molecule has 1 aliphatic rings. The van der Waals surface area contributed by atoms with Gasteiger partial charge >= 0.3 is 0 Å². The first-order valence-corrected chi connectivity index (χ1v) is 8.62. The van der Waals surface area contributed by atoms with E-state index < -0.39 is 6.04 Å². The van der Waals surface area contributed by atoms with Gasteiger partial charge in [-0.25, -0.2) is 0 Å². The van der Waals surface area contributed by atoms with Gasteiger partial charge in [0.2, 0.25) is 11.8 Å². The monoisotopic (exact) mass is 420 g/mol. The highest BCUT2D eigenvalue weighted by molar-refractivity contribution is 5.87. The minimum Gasteiger partial charge on any atom is -0.497 e. The van der Waals surface area contributed by atoms with E-state index in [1.165, 1.54) is 0 Å². The summed E-state index contributed by atoms with van der Waals surface area (Å²) in [6.07, 6.45) is 0.863. The fraction of sp³-hybridized carbons (Fsp3) is 0.556. The smallest absolute Gasteiger partial charge is 0.239 e. The zero-order chi connectivity index (χ0) is 18.4. The van der Waals surface area contributed by atoms with E-state index in [0.29, 0.717) is 0 Å². The summed E-state index contributed by atoms with van der Waals surface area (Å²) < 4.78 is 5.25. The number of hydrogen-bond donors (Lipinski definition) is 3. The predicted octanol–water partition coefficient (Wildman–Crippen LogP) is 1.33. The topological polar surface area (TPSA) is 96.7 Å². The summed E-state index contributed by atoms with van der Waals surface area (Å²) >= 11 is 0. The molecule has 27 heavy (non-hydrogen) atoms. The summed E-state index contributed by atoms with van der Waals surface area (Å²) in [5.41, 5.74) is 6.83. The number of rotatable bonds is 7. The Morgan fingerprint density at radius 1 is 1.33 bits per heavy atom. The van der Waals surface area contributed by atoms with Crippen LogP contribution >= 0.6 is 24.8 Å². The molecule has 2 atom stereocenters. The van der Waals surface area contributed by atoms with E-state index in [9.17, 15) is 9.59 Å². The molecule has 1 fully saturated rings. The molecule has 2 rings (SSSR count). The Bertz CT molecular complexity index is 616. The number of nitrogens with two attached hydrogens (primary N) is 1. The number of nitrogens with zero attached hydrogens (tertiary/aromatic N) is 1. The van der Waals surface area contributed by atoms with Crippen molar-refractivity contribution in [1.29, 1.82) is 0 Å². The third-order valence-electron chi connectivity index (χ3n) is 4.42. The van der Waals surface area contributed by atoms with E-state index in [4.69, 9.17) is 10.5 Å². The van der Waals surface area contributed by atoms with Crippen LogP contribution < -0.4 is 26.0 Å². The van der Waals surface area contributed by atoms with Crippen LogP contribution in [0.15, 0.2) is 24.3 Å². The highest BCUT2D eigenvalue weighted by Crippen LogP contribution is 2.24. The number of anilines is 1. The lowest BCUT2D eigenvalue weighted by atomic mass is 10.1. The molecule has 0 radical (unpaired) electrons. The maximum atomic E-state index is 12.0. The van der Waals surface area contributed by atoms with Gasteiger partial charge in [-0.3, -0.25) is 9.59 Å². The van der Waals surface area contributed by atoms with Crippen molar-refractivity contribution in [1.82, 2.24) is 10.6 Å². The zero-order valence-electron chi connectivity index (χ0n) is 15.9. The zero-order valence-corrected chi connectivity index (χ0v) is 17.6. The van der Waals surface area contributed by atoms with Crippen LogP contribution in [-0.2, 0) is 9.59 Å². The van der Waals surface area contributed by atoms with Crippen molar-refractivity contribution in [3.8, 4) is 5.75 Å². The molecule has 9 heteroatoms. The van der Waals surface area contributed by atoms with Gasteiger partial charge in [0.05, 0.1) is 19.7 Å². The number of carbonyl (C=O) groups excluding carboxylic acids is 2. The van der Waals surface area contributed by atoms with Gasteiger partial charge in [-0.2, -0.15) is 0 Å². The van der Waals surface area contributed by atoms with Crippen molar-refractivity contribution in [3.05, 3.63) is 24.3 Å². The molecule has 1 aliphatic heterocycles. The van der Waals surface area contributed by atoms with E-state index in [2.05, 4.69) is 15.5 Å². The van der Waals surface area contributed by atoms with Crippen molar-refractivity contribution >= 4 is 42.3 Å². The average Bonchev–Trinajstić information content (AvgIpc) is 3.07. The first kappa shape index (κ1) is 25.3. The summed E-state index contributed by atoms with van der Waals surface area (Å²) in [6, 6.07) is 7.34. The first-order chi connectivity index (χ1) is 11.9. The van der Waals surface area contributed by atoms with E-state index in [1.807, 2.05) is 38.1 Å². The molecular weight excluding hydrogens is 391 g/mol. The molecule has 1 aromatic rings. The second-order valence-electron chi connectivity index (χ2n) is 6.69. The van der Waals surface area contributed by atoms with Crippen molar-refractivity contribution in [2.24, 2.45) is 11.7 Å². The molecule has 0 bridgehead atoms. The number of methoxy groups -OCH3 is 1. The number of halogens is 2. The van der Waals surface area contributed by atoms with Gasteiger partial charge in [-0.05, 0) is 24.5 Å². The average molecular weight is 421 g/mol. The Labute approximate surface area is 173 Å². The molecule has 4 N–H and O–H groups in total. The van der Waals surface area contributed by atoms with E-state index in [0.717, 1.165) is 30.9 Å². The lowest BCUT2D eigenvalue weighted by Crippen LogP contribution is -2.48. The van der Waals surface area contributed by atoms with Crippen LogP contribution in [0.2, 0.25) is 0 Å². The number of carbonyl (C=O) groups is 2. The maximum Gasteiger partial charge on any atom is 0.239 e. The quantitative estimate of drug-likeness (QED) is 0.618. The molecule has 154 valence electrons. The number of benzene rings is 1. The lowest BCUT2D eigenvalue weighted by molar-refractivity contribution is -0.127. The minimum absolute atomic E-state index is 0. The van der Waals surface area contributed by atoms with Gasteiger partial charge in [0.25, 0.3) is 0 Å². The number of hydrogen-bond acceptors (Lipinski definition) is 5. The van der Waals surface area contributed by atoms with Crippen molar-refractivity contribution in [3.63, 3.8) is 0 Å². The molecule has 0 aromatic heterocycles. The van der Waals surface area contributed by atoms with Gasteiger partial charge in [-0.15, -0.1) is 24.8 Å². The van der Waals surface area contributed by atoms with Crippen molar-refractivity contribution in [2.45, 2.75) is 32.4 Å². The van der Waals surface area contributed by atoms with E-state index in [-0.39, 0.29) is 55.1 Å².